The van der Waals surface area contributed by atoms with Crippen LogP contribution in [0.15, 0.2) is 24.3 Å². The first kappa shape index (κ1) is 18.6. The van der Waals surface area contributed by atoms with Crippen LogP contribution < -0.4 is 0 Å². The van der Waals surface area contributed by atoms with Crippen LogP contribution in [0.3, 0.4) is 0 Å². The van der Waals surface area contributed by atoms with Gasteiger partial charge in [0, 0.05) is 19.0 Å². The van der Waals surface area contributed by atoms with Crippen LogP contribution in [-0.4, -0.2) is 53.4 Å². The van der Waals surface area contributed by atoms with E-state index in [0.717, 1.165) is 56.4 Å². The van der Waals surface area contributed by atoms with Crippen molar-refractivity contribution >= 4 is 27.5 Å². The average molecular weight is 398 g/mol. The number of likely N-dealkylation sites (tertiary alicyclic amines) is 2. The van der Waals surface area contributed by atoms with Gasteiger partial charge in [0.25, 0.3) is 0 Å². The first-order valence-electron chi connectivity index (χ1n) is 11.1. The van der Waals surface area contributed by atoms with Crippen LogP contribution in [0.2, 0.25) is 0 Å². The summed E-state index contributed by atoms with van der Waals surface area (Å²) >= 11 is 1.85. The van der Waals surface area contributed by atoms with Crippen molar-refractivity contribution < 1.29 is 4.79 Å². The minimum Gasteiger partial charge on any atom is -0.341 e. The van der Waals surface area contributed by atoms with Crippen LogP contribution in [0.4, 0.5) is 0 Å². The van der Waals surface area contributed by atoms with Gasteiger partial charge in [-0.1, -0.05) is 31.4 Å². The van der Waals surface area contributed by atoms with Crippen molar-refractivity contribution in [3.05, 3.63) is 29.3 Å². The van der Waals surface area contributed by atoms with Crippen LogP contribution in [-0.2, 0) is 4.79 Å². The molecule has 0 N–H and O–H groups in total. The van der Waals surface area contributed by atoms with Gasteiger partial charge in [-0.25, -0.2) is 4.98 Å². The number of amides is 1. The van der Waals surface area contributed by atoms with E-state index >= 15 is 0 Å². The lowest BCUT2D eigenvalue weighted by atomic mass is 9.75. The Kier molecular flexibility index (Phi) is 5.38. The molecule has 1 saturated carbocycles. The van der Waals surface area contributed by atoms with Crippen molar-refractivity contribution in [2.24, 2.45) is 11.8 Å². The molecule has 1 aromatic heterocycles. The number of piperidine rings is 2. The first-order chi connectivity index (χ1) is 13.8. The maximum absolute atomic E-state index is 12.9. The molecule has 3 aliphatic rings. The third-order valence-electron chi connectivity index (χ3n) is 7.25. The molecule has 0 unspecified atom stereocenters. The number of hydrogen-bond acceptors (Lipinski definition) is 4. The maximum Gasteiger partial charge on any atom is 0.236 e. The van der Waals surface area contributed by atoms with Crippen LogP contribution in [0.25, 0.3) is 10.2 Å². The molecule has 0 radical (unpaired) electrons. The summed E-state index contributed by atoms with van der Waals surface area (Å²) < 4.78 is 1.29. The number of fused-ring (bicyclic) bond motifs is 2. The number of aromatic nitrogens is 1. The highest BCUT2D eigenvalue weighted by Gasteiger charge is 2.33. The molecule has 0 spiro atoms. The lowest BCUT2D eigenvalue weighted by Crippen LogP contribution is -2.49. The maximum atomic E-state index is 12.9. The molecular formula is C23H31N3OS. The standard InChI is InChI=1S/C23H31N3OS/c27-22(26-14-11-17-5-1-2-6-19(17)15-26)16-25-12-9-18(10-13-25)23-24-20-7-3-4-8-21(20)28-23/h3-4,7-8,17-19H,1-2,5-6,9-16H2/t17-,19-/m0/s1. The molecule has 0 bridgehead atoms. The highest BCUT2D eigenvalue weighted by molar-refractivity contribution is 7.18. The molecule has 4 nitrogen and oxygen atoms in total. The van der Waals surface area contributed by atoms with Crippen molar-refractivity contribution in [2.75, 3.05) is 32.7 Å². The monoisotopic (exact) mass is 397 g/mol. The molecule has 28 heavy (non-hydrogen) atoms. The van der Waals surface area contributed by atoms with E-state index in [1.807, 2.05) is 11.3 Å². The Morgan fingerprint density at radius 1 is 1.00 bits per heavy atom. The zero-order valence-electron chi connectivity index (χ0n) is 16.7. The van der Waals surface area contributed by atoms with E-state index in [1.54, 1.807) is 0 Å². The predicted molar refractivity (Wildman–Crippen MR) is 115 cm³/mol. The molecule has 1 aliphatic carbocycles. The Hall–Kier alpha value is -1.46. The second-order valence-electron chi connectivity index (χ2n) is 9.00. The van der Waals surface area contributed by atoms with Gasteiger partial charge >= 0.3 is 0 Å². The summed E-state index contributed by atoms with van der Waals surface area (Å²) in [4.78, 5) is 22.3. The van der Waals surface area contributed by atoms with Gasteiger partial charge in [0.2, 0.25) is 5.91 Å². The molecule has 2 aliphatic heterocycles. The summed E-state index contributed by atoms with van der Waals surface area (Å²) in [6.07, 6.45) is 8.97. The molecule has 2 saturated heterocycles. The van der Waals surface area contributed by atoms with Crippen LogP contribution in [0.5, 0.6) is 0 Å². The predicted octanol–water partition coefficient (Wildman–Crippen LogP) is 4.51. The minimum atomic E-state index is 0.363. The number of carbonyl (C=O) groups excluding carboxylic acids is 1. The smallest absolute Gasteiger partial charge is 0.236 e. The fourth-order valence-corrected chi connectivity index (χ4v) is 6.66. The summed E-state index contributed by atoms with van der Waals surface area (Å²) in [5, 5.41) is 1.28. The normalized spacial score (nSPS) is 27.1. The number of hydrogen-bond donors (Lipinski definition) is 0. The second-order valence-corrected chi connectivity index (χ2v) is 10.1. The van der Waals surface area contributed by atoms with E-state index in [-0.39, 0.29) is 0 Å². The lowest BCUT2D eigenvalue weighted by molar-refractivity contribution is -0.135. The molecule has 150 valence electrons. The number of benzene rings is 1. The average Bonchev–Trinajstić information content (AvgIpc) is 3.18. The first-order valence-corrected chi connectivity index (χ1v) is 11.9. The fraction of sp³-hybridized carbons (Fsp3) is 0.652. The largest absolute Gasteiger partial charge is 0.341 e. The van der Waals surface area contributed by atoms with Crippen molar-refractivity contribution in [3.8, 4) is 0 Å². The second kappa shape index (κ2) is 8.11. The topological polar surface area (TPSA) is 36.4 Å². The molecule has 3 fully saturated rings. The van der Waals surface area contributed by atoms with E-state index in [2.05, 4.69) is 34.1 Å². The molecular weight excluding hydrogens is 366 g/mol. The molecule has 1 aromatic carbocycles. The zero-order chi connectivity index (χ0) is 18.9. The van der Waals surface area contributed by atoms with E-state index < -0.39 is 0 Å². The highest BCUT2D eigenvalue weighted by Crippen LogP contribution is 2.36. The van der Waals surface area contributed by atoms with Crippen LogP contribution >= 0.6 is 11.3 Å². The SMILES string of the molecule is O=C(CN1CCC(c2nc3ccccc3s2)CC1)N1CC[C@@H]2CCCC[C@H]2C1. The quantitative estimate of drug-likeness (QED) is 0.764. The number of thiazole rings is 1. The Balaban J connectivity index is 1.13. The Morgan fingerprint density at radius 2 is 1.79 bits per heavy atom. The Labute approximate surface area is 171 Å². The molecule has 3 heterocycles. The summed E-state index contributed by atoms with van der Waals surface area (Å²) in [7, 11) is 0. The van der Waals surface area contributed by atoms with Crippen molar-refractivity contribution in [1.29, 1.82) is 0 Å². The summed E-state index contributed by atoms with van der Waals surface area (Å²) in [6, 6.07) is 8.43. The van der Waals surface area contributed by atoms with E-state index in [4.69, 9.17) is 4.98 Å². The summed E-state index contributed by atoms with van der Waals surface area (Å²) in [5.74, 6) is 2.59. The molecule has 5 rings (SSSR count). The number of para-hydroxylation sites is 1. The molecule has 5 heteroatoms. The van der Waals surface area contributed by atoms with E-state index in [1.165, 1.54) is 41.8 Å². The summed E-state index contributed by atoms with van der Waals surface area (Å²) in [5.41, 5.74) is 1.13. The van der Waals surface area contributed by atoms with Crippen molar-refractivity contribution in [2.45, 2.75) is 50.9 Å². The minimum absolute atomic E-state index is 0.363. The van der Waals surface area contributed by atoms with Gasteiger partial charge in [-0.3, -0.25) is 9.69 Å². The van der Waals surface area contributed by atoms with Gasteiger partial charge in [-0.2, -0.15) is 0 Å². The number of rotatable bonds is 3. The molecule has 2 atom stereocenters. The van der Waals surface area contributed by atoms with Gasteiger partial charge in [0.05, 0.1) is 21.8 Å². The fourth-order valence-electron chi connectivity index (χ4n) is 5.52. The third kappa shape index (κ3) is 3.84. The van der Waals surface area contributed by atoms with Gasteiger partial charge in [-0.05, 0) is 62.7 Å². The lowest BCUT2D eigenvalue weighted by Gasteiger charge is -2.42. The summed E-state index contributed by atoms with van der Waals surface area (Å²) in [6.45, 7) is 4.66. The zero-order valence-corrected chi connectivity index (χ0v) is 17.5. The van der Waals surface area contributed by atoms with Crippen molar-refractivity contribution in [1.82, 2.24) is 14.8 Å². The van der Waals surface area contributed by atoms with Crippen molar-refractivity contribution in [3.63, 3.8) is 0 Å². The number of nitrogens with zero attached hydrogens (tertiary/aromatic N) is 3. The highest BCUT2D eigenvalue weighted by atomic mass is 32.1. The Bertz CT molecular complexity index is 793. The van der Waals surface area contributed by atoms with Crippen LogP contribution in [0.1, 0.15) is 55.9 Å². The van der Waals surface area contributed by atoms with Gasteiger partial charge in [-0.15, -0.1) is 11.3 Å². The van der Waals surface area contributed by atoms with E-state index in [9.17, 15) is 4.79 Å². The molecule has 2 aromatic rings. The van der Waals surface area contributed by atoms with E-state index in [0.29, 0.717) is 18.4 Å². The van der Waals surface area contributed by atoms with Crippen LogP contribution in [0, 0.1) is 11.8 Å². The van der Waals surface area contributed by atoms with Gasteiger partial charge in [0.1, 0.15) is 0 Å². The number of carbonyl (C=O) groups is 1. The van der Waals surface area contributed by atoms with Gasteiger partial charge < -0.3 is 4.90 Å². The third-order valence-corrected chi connectivity index (χ3v) is 8.45. The Morgan fingerprint density at radius 3 is 2.61 bits per heavy atom. The van der Waals surface area contributed by atoms with Gasteiger partial charge in [0.15, 0.2) is 0 Å². The molecule has 1 amide bonds.